The van der Waals surface area contributed by atoms with Crippen LogP contribution in [0.15, 0.2) is 24.3 Å². The Hall–Kier alpha value is -1.06. The van der Waals surface area contributed by atoms with Gasteiger partial charge in [0.2, 0.25) is 0 Å². The molecule has 0 unspecified atom stereocenters. The minimum absolute atomic E-state index is 0.112. The molecule has 0 saturated heterocycles. The summed E-state index contributed by atoms with van der Waals surface area (Å²) in [7, 11) is 1.65. The van der Waals surface area contributed by atoms with E-state index in [0.29, 0.717) is 0 Å². The van der Waals surface area contributed by atoms with Crippen molar-refractivity contribution in [3.05, 3.63) is 29.8 Å². The lowest BCUT2D eigenvalue weighted by atomic mass is 10.1. The van der Waals surface area contributed by atoms with Gasteiger partial charge in [-0.05, 0) is 13.0 Å². The topological polar surface area (TPSA) is 47.3 Å². The van der Waals surface area contributed by atoms with Gasteiger partial charge in [-0.3, -0.25) is 11.3 Å². The second-order valence-electron chi connectivity index (χ2n) is 2.63. The van der Waals surface area contributed by atoms with E-state index < -0.39 is 0 Å². The Kier molecular flexibility index (Phi) is 3.08. The Bertz CT molecular complexity index is 250. The van der Waals surface area contributed by atoms with E-state index in [2.05, 4.69) is 5.43 Å². The highest BCUT2D eigenvalue weighted by atomic mass is 16.5. The number of methoxy groups -OCH3 is 1. The minimum atomic E-state index is 0.112. The number of hydrogen-bond donors (Lipinski definition) is 2. The second kappa shape index (κ2) is 4.09. The van der Waals surface area contributed by atoms with E-state index in [1.165, 1.54) is 0 Å². The number of rotatable bonds is 3. The van der Waals surface area contributed by atoms with E-state index in [-0.39, 0.29) is 6.04 Å². The summed E-state index contributed by atoms with van der Waals surface area (Å²) in [5.41, 5.74) is 3.75. The molecule has 0 amide bonds. The molecule has 1 atom stereocenters. The van der Waals surface area contributed by atoms with Crippen molar-refractivity contribution in [1.82, 2.24) is 5.43 Å². The molecule has 0 aliphatic rings. The van der Waals surface area contributed by atoms with Crippen molar-refractivity contribution < 1.29 is 4.74 Å². The van der Waals surface area contributed by atoms with Crippen LogP contribution < -0.4 is 16.0 Å². The molecule has 0 aliphatic carbocycles. The third-order valence-electron chi connectivity index (χ3n) is 1.86. The van der Waals surface area contributed by atoms with Crippen molar-refractivity contribution in [2.24, 2.45) is 5.84 Å². The lowest BCUT2D eigenvalue weighted by molar-refractivity contribution is 0.402. The average Bonchev–Trinajstić information content (AvgIpc) is 2.16. The van der Waals surface area contributed by atoms with Crippen molar-refractivity contribution >= 4 is 0 Å². The van der Waals surface area contributed by atoms with Gasteiger partial charge in [-0.2, -0.15) is 0 Å². The molecule has 1 aromatic carbocycles. The summed E-state index contributed by atoms with van der Waals surface area (Å²) in [6, 6.07) is 7.92. The highest BCUT2D eigenvalue weighted by Gasteiger charge is 2.07. The lowest BCUT2D eigenvalue weighted by Crippen LogP contribution is -2.25. The monoisotopic (exact) mass is 166 g/mol. The van der Waals surface area contributed by atoms with Gasteiger partial charge < -0.3 is 4.74 Å². The number of benzene rings is 1. The molecular formula is C9H14N2O. The molecule has 0 spiro atoms. The Morgan fingerprint density at radius 3 is 2.67 bits per heavy atom. The molecule has 3 heteroatoms. The fourth-order valence-electron chi connectivity index (χ4n) is 1.11. The molecule has 3 nitrogen and oxygen atoms in total. The van der Waals surface area contributed by atoms with E-state index in [1.54, 1.807) is 7.11 Å². The van der Waals surface area contributed by atoms with Gasteiger partial charge in [0, 0.05) is 11.6 Å². The zero-order chi connectivity index (χ0) is 8.97. The van der Waals surface area contributed by atoms with Crippen LogP contribution in [0.4, 0.5) is 0 Å². The molecule has 1 aromatic rings. The lowest BCUT2D eigenvalue weighted by Gasteiger charge is -2.13. The predicted molar refractivity (Wildman–Crippen MR) is 48.7 cm³/mol. The first-order valence-electron chi connectivity index (χ1n) is 3.88. The maximum Gasteiger partial charge on any atom is 0.123 e. The highest BCUT2D eigenvalue weighted by molar-refractivity contribution is 5.35. The van der Waals surface area contributed by atoms with E-state index >= 15 is 0 Å². The first-order valence-corrected chi connectivity index (χ1v) is 3.88. The smallest absolute Gasteiger partial charge is 0.123 e. The van der Waals surface area contributed by atoms with Gasteiger partial charge in [0.25, 0.3) is 0 Å². The van der Waals surface area contributed by atoms with Crippen LogP contribution in [0.1, 0.15) is 18.5 Å². The number of para-hydroxylation sites is 1. The standard InChI is InChI=1S/C9H14N2O/c1-7(11-10)8-5-3-4-6-9(8)12-2/h3-7,11H,10H2,1-2H3/t7-/m1/s1. The van der Waals surface area contributed by atoms with E-state index in [1.807, 2.05) is 31.2 Å². The van der Waals surface area contributed by atoms with Gasteiger partial charge >= 0.3 is 0 Å². The molecule has 0 bridgehead atoms. The normalized spacial score (nSPS) is 12.6. The van der Waals surface area contributed by atoms with Crippen LogP contribution in [-0.4, -0.2) is 7.11 Å². The van der Waals surface area contributed by atoms with Crippen LogP contribution in [0.3, 0.4) is 0 Å². The summed E-state index contributed by atoms with van der Waals surface area (Å²) in [6.07, 6.45) is 0. The summed E-state index contributed by atoms with van der Waals surface area (Å²) in [5.74, 6) is 6.19. The molecule has 3 N–H and O–H groups in total. The Morgan fingerprint density at radius 2 is 2.08 bits per heavy atom. The fraction of sp³-hybridized carbons (Fsp3) is 0.333. The molecule has 0 fully saturated rings. The molecule has 12 heavy (non-hydrogen) atoms. The van der Waals surface area contributed by atoms with Gasteiger partial charge in [0.1, 0.15) is 5.75 Å². The maximum atomic E-state index is 5.32. The molecule has 0 heterocycles. The predicted octanol–water partition coefficient (Wildman–Crippen LogP) is 1.22. The molecular weight excluding hydrogens is 152 g/mol. The molecule has 1 rings (SSSR count). The Morgan fingerprint density at radius 1 is 1.42 bits per heavy atom. The first-order chi connectivity index (χ1) is 5.79. The van der Waals surface area contributed by atoms with E-state index in [0.717, 1.165) is 11.3 Å². The molecule has 0 aromatic heterocycles. The van der Waals surface area contributed by atoms with Gasteiger partial charge in [0.15, 0.2) is 0 Å². The van der Waals surface area contributed by atoms with Crippen LogP contribution in [0, 0.1) is 0 Å². The van der Waals surface area contributed by atoms with Crippen LogP contribution in [0.2, 0.25) is 0 Å². The zero-order valence-corrected chi connectivity index (χ0v) is 7.37. The third-order valence-corrected chi connectivity index (χ3v) is 1.86. The van der Waals surface area contributed by atoms with Crippen molar-refractivity contribution in [1.29, 1.82) is 0 Å². The Balaban J connectivity index is 2.96. The number of hydrazine groups is 1. The zero-order valence-electron chi connectivity index (χ0n) is 7.37. The Labute approximate surface area is 72.5 Å². The molecule has 0 radical (unpaired) electrons. The van der Waals surface area contributed by atoms with Gasteiger partial charge in [-0.25, -0.2) is 0 Å². The quantitative estimate of drug-likeness (QED) is 0.524. The van der Waals surface area contributed by atoms with Crippen LogP contribution in [0.5, 0.6) is 5.75 Å². The first kappa shape index (κ1) is 9.03. The van der Waals surface area contributed by atoms with Crippen LogP contribution in [-0.2, 0) is 0 Å². The van der Waals surface area contributed by atoms with Crippen molar-refractivity contribution in [2.75, 3.05) is 7.11 Å². The number of hydrogen-bond acceptors (Lipinski definition) is 3. The molecule has 66 valence electrons. The molecule has 0 aliphatic heterocycles. The minimum Gasteiger partial charge on any atom is -0.496 e. The SMILES string of the molecule is COc1ccccc1[C@@H](C)NN. The summed E-state index contributed by atoms with van der Waals surface area (Å²) < 4.78 is 5.17. The fourth-order valence-corrected chi connectivity index (χ4v) is 1.11. The number of nitrogens with one attached hydrogen (secondary N) is 1. The van der Waals surface area contributed by atoms with Crippen molar-refractivity contribution in [3.8, 4) is 5.75 Å². The van der Waals surface area contributed by atoms with Gasteiger partial charge in [-0.15, -0.1) is 0 Å². The third kappa shape index (κ3) is 1.75. The van der Waals surface area contributed by atoms with Crippen LogP contribution >= 0.6 is 0 Å². The largest absolute Gasteiger partial charge is 0.496 e. The maximum absolute atomic E-state index is 5.32. The van der Waals surface area contributed by atoms with Crippen molar-refractivity contribution in [2.45, 2.75) is 13.0 Å². The van der Waals surface area contributed by atoms with E-state index in [9.17, 15) is 0 Å². The highest BCUT2D eigenvalue weighted by Crippen LogP contribution is 2.23. The van der Waals surface area contributed by atoms with E-state index in [4.69, 9.17) is 10.6 Å². The second-order valence-corrected chi connectivity index (χ2v) is 2.63. The number of nitrogens with two attached hydrogens (primary N) is 1. The van der Waals surface area contributed by atoms with Gasteiger partial charge in [0.05, 0.1) is 7.11 Å². The summed E-state index contributed by atoms with van der Waals surface area (Å²) >= 11 is 0. The van der Waals surface area contributed by atoms with Crippen molar-refractivity contribution in [3.63, 3.8) is 0 Å². The molecule has 0 saturated carbocycles. The summed E-state index contributed by atoms with van der Waals surface area (Å²) in [4.78, 5) is 0. The number of ether oxygens (including phenoxy) is 1. The van der Waals surface area contributed by atoms with Crippen LogP contribution in [0.25, 0.3) is 0 Å². The average molecular weight is 166 g/mol. The summed E-state index contributed by atoms with van der Waals surface area (Å²) in [5, 5.41) is 0. The summed E-state index contributed by atoms with van der Waals surface area (Å²) in [6.45, 7) is 1.98. The van der Waals surface area contributed by atoms with Gasteiger partial charge in [-0.1, -0.05) is 18.2 Å².